The van der Waals surface area contributed by atoms with E-state index in [1.54, 1.807) is 0 Å². The van der Waals surface area contributed by atoms with Gasteiger partial charge in [-0.05, 0) is 26.7 Å². The van der Waals surface area contributed by atoms with Gasteiger partial charge in [0.25, 0.3) is 0 Å². The Bertz CT molecular complexity index is 187. The summed E-state index contributed by atoms with van der Waals surface area (Å²) >= 11 is 0. The van der Waals surface area contributed by atoms with Crippen LogP contribution in [-0.2, 0) is 0 Å². The van der Waals surface area contributed by atoms with Crippen molar-refractivity contribution in [1.29, 1.82) is 0 Å². The van der Waals surface area contributed by atoms with Gasteiger partial charge in [-0.3, -0.25) is 5.43 Å². The van der Waals surface area contributed by atoms with Gasteiger partial charge in [0, 0.05) is 19.1 Å². The highest BCUT2D eigenvalue weighted by Gasteiger charge is 2.16. The summed E-state index contributed by atoms with van der Waals surface area (Å²) in [4.78, 5) is 6.48. The molecule has 0 bridgehead atoms. The monoisotopic (exact) mass is 200 g/mol. The Balaban J connectivity index is 4.53. The highest BCUT2D eigenvalue weighted by Crippen LogP contribution is 2.08. The van der Waals surface area contributed by atoms with E-state index >= 15 is 0 Å². The van der Waals surface area contributed by atoms with Crippen molar-refractivity contribution in [2.24, 2.45) is 16.8 Å². The van der Waals surface area contributed by atoms with E-state index in [9.17, 15) is 0 Å². The molecule has 84 valence electrons. The van der Waals surface area contributed by atoms with Crippen LogP contribution < -0.4 is 11.3 Å². The van der Waals surface area contributed by atoms with Gasteiger partial charge in [0.15, 0.2) is 0 Å². The first-order valence-corrected chi connectivity index (χ1v) is 5.17. The third-order valence-corrected chi connectivity index (χ3v) is 2.42. The van der Waals surface area contributed by atoms with Crippen LogP contribution in [0.25, 0.3) is 0 Å². The first-order valence-electron chi connectivity index (χ1n) is 5.17. The standard InChI is InChI=1S/C10H24N4/c1-7(2)9(5)14(6)10(13-11)12-8(3)4/h7-9H,11H2,1-6H3,(H,12,13). The lowest BCUT2D eigenvalue weighted by molar-refractivity contribution is 0.299. The minimum Gasteiger partial charge on any atom is -0.342 e. The molecule has 4 nitrogen and oxygen atoms in total. The summed E-state index contributed by atoms with van der Waals surface area (Å²) in [6.45, 7) is 10.6. The quantitative estimate of drug-likeness (QED) is 0.311. The third kappa shape index (κ3) is 3.96. The van der Waals surface area contributed by atoms with E-state index in [0.717, 1.165) is 5.96 Å². The van der Waals surface area contributed by atoms with E-state index in [1.165, 1.54) is 0 Å². The van der Waals surface area contributed by atoms with Gasteiger partial charge in [-0.1, -0.05) is 13.8 Å². The second-order valence-corrected chi connectivity index (χ2v) is 4.29. The summed E-state index contributed by atoms with van der Waals surface area (Å²) in [6.07, 6.45) is 0. The van der Waals surface area contributed by atoms with Crippen LogP contribution in [0.2, 0.25) is 0 Å². The molecule has 1 atom stereocenters. The molecular weight excluding hydrogens is 176 g/mol. The van der Waals surface area contributed by atoms with Crippen molar-refractivity contribution in [2.75, 3.05) is 7.05 Å². The predicted molar refractivity (Wildman–Crippen MR) is 62.0 cm³/mol. The molecule has 0 aliphatic carbocycles. The average Bonchev–Trinajstić information content (AvgIpc) is 2.11. The smallest absolute Gasteiger partial charge is 0.208 e. The van der Waals surface area contributed by atoms with Gasteiger partial charge in [-0.15, -0.1) is 0 Å². The van der Waals surface area contributed by atoms with Crippen molar-refractivity contribution in [3.63, 3.8) is 0 Å². The first kappa shape index (κ1) is 13.2. The summed E-state index contributed by atoms with van der Waals surface area (Å²) in [5, 5.41) is 0. The van der Waals surface area contributed by atoms with Crippen LogP contribution in [0, 0.1) is 5.92 Å². The molecule has 0 saturated carbocycles. The zero-order valence-electron chi connectivity index (χ0n) is 10.2. The lowest BCUT2D eigenvalue weighted by Crippen LogP contribution is -2.48. The molecule has 0 heterocycles. The Labute approximate surface area is 87.5 Å². The van der Waals surface area contributed by atoms with Crippen LogP contribution in [0.3, 0.4) is 0 Å². The Morgan fingerprint density at radius 1 is 1.21 bits per heavy atom. The van der Waals surface area contributed by atoms with E-state index in [1.807, 2.05) is 20.9 Å². The zero-order chi connectivity index (χ0) is 11.3. The molecule has 0 aliphatic rings. The van der Waals surface area contributed by atoms with Crippen LogP contribution in [0.15, 0.2) is 4.99 Å². The number of nitrogens with one attached hydrogen (secondary N) is 1. The SMILES string of the molecule is CC(C)N=C(NN)N(C)C(C)C(C)C. The molecule has 3 N–H and O–H groups in total. The highest BCUT2D eigenvalue weighted by molar-refractivity contribution is 5.79. The molecule has 0 aliphatic heterocycles. The van der Waals surface area contributed by atoms with Crippen LogP contribution in [0.5, 0.6) is 0 Å². The van der Waals surface area contributed by atoms with E-state index in [0.29, 0.717) is 12.0 Å². The number of guanidine groups is 1. The Kier molecular flexibility index (Phi) is 5.53. The minimum atomic E-state index is 0.253. The highest BCUT2D eigenvalue weighted by atomic mass is 15.4. The van der Waals surface area contributed by atoms with E-state index < -0.39 is 0 Å². The van der Waals surface area contributed by atoms with Crippen LogP contribution in [0.4, 0.5) is 0 Å². The maximum Gasteiger partial charge on any atom is 0.208 e. The lowest BCUT2D eigenvalue weighted by Gasteiger charge is -2.30. The summed E-state index contributed by atoms with van der Waals surface area (Å²) in [7, 11) is 2.01. The van der Waals surface area contributed by atoms with Crippen molar-refractivity contribution >= 4 is 5.96 Å². The molecule has 0 aromatic rings. The number of hydrogen-bond donors (Lipinski definition) is 2. The topological polar surface area (TPSA) is 53.6 Å². The number of hydrazine groups is 1. The summed E-state index contributed by atoms with van der Waals surface area (Å²) in [5.74, 6) is 6.76. The van der Waals surface area contributed by atoms with Gasteiger partial charge in [0.2, 0.25) is 5.96 Å². The number of hydrogen-bond acceptors (Lipinski definition) is 2. The van der Waals surface area contributed by atoms with E-state index in [2.05, 4.69) is 36.1 Å². The molecule has 0 spiro atoms. The summed E-state index contributed by atoms with van der Waals surface area (Å²) in [6, 6.07) is 0.673. The molecule has 1 unspecified atom stereocenters. The van der Waals surface area contributed by atoms with Crippen molar-refractivity contribution in [1.82, 2.24) is 10.3 Å². The fourth-order valence-electron chi connectivity index (χ4n) is 1.11. The molecule has 0 fully saturated rings. The second-order valence-electron chi connectivity index (χ2n) is 4.29. The first-order chi connectivity index (χ1) is 6.40. The predicted octanol–water partition coefficient (Wildman–Crippen LogP) is 1.19. The maximum absolute atomic E-state index is 5.44. The van der Waals surface area contributed by atoms with Crippen molar-refractivity contribution in [2.45, 2.75) is 46.7 Å². The number of nitrogens with zero attached hydrogens (tertiary/aromatic N) is 2. The van der Waals surface area contributed by atoms with Crippen LogP contribution in [0.1, 0.15) is 34.6 Å². The molecule has 0 aromatic carbocycles. The molecule has 0 saturated heterocycles. The number of nitrogens with two attached hydrogens (primary N) is 1. The summed E-state index contributed by atoms with van der Waals surface area (Å²) in [5.41, 5.74) is 2.64. The van der Waals surface area contributed by atoms with Crippen LogP contribution >= 0.6 is 0 Å². The van der Waals surface area contributed by atoms with Gasteiger partial charge in [-0.25, -0.2) is 10.8 Å². The molecular formula is C10H24N4. The summed E-state index contributed by atoms with van der Waals surface area (Å²) < 4.78 is 0. The van der Waals surface area contributed by atoms with E-state index in [4.69, 9.17) is 5.84 Å². The largest absolute Gasteiger partial charge is 0.342 e. The molecule has 0 amide bonds. The molecule has 0 radical (unpaired) electrons. The molecule has 0 aromatic heterocycles. The Hall–Kier alpha value is -0.770. The van der Waals surface area contributed by atoms with Gasteiger partial charge in [0.1, 0.15) is 0 Å². The van der Waals surface area contributed by atoms with Gasteiger partial charge < -0.3 is 4.90 Å². The number of rotatable bonds is 3. The normalized spacial score (nSPS) is 14.8. The third-order valence-electron chi connectivity index (χ3n) is 2.42. The molecule has 4 heteroatoms. The van der Waals surface area contributed by atoms with Crippen molar-refractivity contribution < 1.29 is 0 Å². The van der Waals surface area contributed by atoms with Gasteiger partial charge >= 0.3 is 0 Å². The fraction of sp³-hybridized carbons (Fsp3) is 0.900. The lowest BCUT2D eigenvalue weighted by atomic mass is 10.1. The van der Waals surface area contributed by atoms with Crippen molar-refractivity contribution in [3.05, 3.63) is 0 Å². The zero-order valence-corrected chi connectivity index (χ0v) is 10.2. The number of aliphatic imine (C=N–C) groups is 1. The fourth-order valence-corrected chi connectivity index (χ4v) is 1.11. The van der Waals surface area contributed by atoms with E-state index in [-0.39, 0.29) is 6.04 Å². The average molecular weight is 200 g/mol. The minimum absolute atomic E-state index is 0.253. The molecule has 14 heavy (non-hydrogen) atoms. The van der Waals surface area contributed by atoms with Crippen molar-refractivity contribution in [3.8, 4) is 0 Å². The Morgan fingerprint density at radius 2 is 1.71 bits per heavy atom. The molecule has 0 rings (SSSR count). The van der Waals surface area contributed by atoms with Crippen LogP contribution in [-0.4, -0.2) is 30.0 Å². The van der Waals surface area contributed by atoms with Gasteiger partial charge in [0.05, 0.1) is 0 Å². The second kappa shape index (κ2) is 5.86. The Morgan fingerprint density at radius 3 is 2.00 bits per heavy atom. The van der Waals surface area contributed by atoms with Gasteiger partial charge in [-0.2, -0.15) is 0 Å². The maximum atomic E-state index is 5.44.